The molecule has 1 saturated heterocycles. The smallest absolute Gasteiger partial charge is 0.225 e. The van der Waals surface area contributed by atoms with Gasteiger partial charge < -0.3 is 4.74 Å². The number of sulfonamides is 1. The topological polar surface area (TPSA) is 79.2 Å². The third-order valence-corrected chi connectivity index (χ3v) is 3.45. The summed E-state index contributed by atoms with van der Waals surface area (Å²) in [7, 11) is -3.48. The van der Waals surface area contributed by atoms with Crippen molar-refractivity contribution in [3.05, 3.63) is 0 Å². The Morgan fingerprint density at radius 3 is 2.71 bits per heavy atom. The molecule has 80 valence electrons. The van der Waals surface area contributed by atoms with Crippen molar-refractivity contribution < 1.29 is 13.2 Å². The summed E-state index contributed by atoms with van der Waals surface area (Å²) in [6, 6.07) is 1.38. The van der Waals surface area contributed by atoms with E-state index in [4.69, 9.17) is 10.00 Å². The second-order valence-electron chi connectivity index (χ2n) is 3.83. The first-order valence-electron chi connectivity index (χ1n) is 4.38. The van der Waals surface area contributed by atoms with E-state index in [1.165, 1.54) is 0 Å². The van der Waals surface area contributed by atoms with Crippen LogP contribution in [0.1, 0.15) is 20.3 Å². The average Bonchev–Trinajstić information content (AvgIpc) is 2.29. The number of nitriles is 1. The molecular formula is C8H14N2O3S. The predicted molar refractivity (Wildman–Crippen MR) is 51.0 cm³/mol. The Hall–Kier alpha value is -0.640. The number of nitrogens with one attached hydrogen (secondary N) is 1. The lowest BCUT2D eigenvalue weighted by molar-refractivity contribution is 0.0256. The summed E-state index contributed by atoms with van der Waals surface area (Å²) in [4.78, 5) is 0. The van der Waals surface area contributed by atoms with Crippen molar-refractivity contribution >= 4 is 10.0 Å². The molecule has 6 heteroatoms. The second-order valence-corrected chi connectivity index (χ2v) is 5.58. The van der Waals surface area contributed by atoms with E-state index >= 15 is 0 Å². The van der Waals surface area contributed by atoms with Crippen LogP contribution in [0.4, 0.5) is 0 Å². The summed E-state index contributed by atoms with van der Waals surface area (Å²) in [5.41, 5.74) is -0.484. The third kappa shape index (κ3) is 2.67. The summed E-state index contributed by atoms with van der Waals surface area (Å²) in [6.45, 7) is 4.21. The Labute approximate surface area is 84.1 Å². The van der Waals surface area contributed by atoms with Crippen LogP contribution in [0.3, 0.4) is 0 Å². The second kappa shape index (κ2) is 3.85. The van der Waals surface area contributed by atoms with Gasteiger partial charge in [0.05, 0.1) is 17.7 Å². The van der Waals surface area contributed by atoms with Crippen LogP contribution in [0.5, 0.6) is 0 Å². The van der Waals surface area contributed by atoms with Crippen molar-refractivity contribution in [2.75, 3.05) is 12.4 Å². The molecule has 14 heavy (non-hydrogen) atoms. The molecule has 0 saturated carbocycles. The molecule has 1 heterocycles. The Morgan fingerprint density at radius 1 is 1.64 bits per heavy atom. The van der Waals surface area contributed by atoms with Gasteiger partial charge in [-0.3, -0.25) is 0 Å². The predicted octanol–water partition coefficient (Wildman–Crippen LogP) is -0.00312. The number of hydrogen-bond acceptors (Lipinski definition) is 4. The van der Waals surface area contributed by atoms with E-state index in [2.05, 4.69) is 4.72 Å². The molecule has 0 aromatic rings. The van der Waals surface area contributed by atoms with Gasteiger partial charge in [-0.1, -0.05) is 0 Å². The molecule has 1 N–H and O–H groups in total. The first-order chi connectivity index (χ1) is 6.37. The lowest BCUT2D eigenvalue weighted by Crippen LogP contribution is -2.46. The Kier molecular flexibility index (Phi) is 3.14. The number of hydrogen-bond donors (Lipinski definition) is 1. The van der Waals surface area contributed by atoms with Crippen LogP contribution in [0, 0.1) is 11.3 Å². The van der Waals surface area contributed by atoms with Crippen molar-refractivity contribution in [2.45, 2.75) is 31.9 Å². The lowest BCUT2D eigenvalue weighted by Gasteiger charge is -2.25. The first-order valence-corrected chi connectivity index (χ1v) is 6.03. The van der Waals surface area contributed by atoms with Gasteiger partial charge >= 0.3 is 0 Å². The molecule has 1 aliphatic heterocycles. The average molecular weight is 218 g/mol. The lowest BCUT2D eigenvalue weighted by atomic mass is 10.0. The van der Waals surface area contributed by atoms with E-state index in [1.54, 1.807) is 6.07 Å². The minimum Gasteiger partial charge on any atom is -0.374 e. The van der Waals surface area contributed by atoms with Gasteiger partial charge in [0.15, 0.2) is 5.75 Å². The molecule has 0 aromatic carbocycles. The van der Waals surface area contributed by atoms with Crippen LogP contribution in [0.15, 0.2) is 0 Å². The van der Waals surface area contributed by atoms with Crippen LogP contribution in [0.2, 0.25) is 0 Å². The van der Waals surface area contributed by atoms with Gasteiger partial charge in [-0.15, -0.1) is 0 Å². The fraction of sp³-hybridized carbons (Fsp3) is 0.875. The highest BCUT2D eigenvalue weighted by Gasteiger charge is 2.37. The largest absolute Gasteiger partial charge is 0.374 e. The molecule has 0 spiro atoms. The molecule has 1 atom stereocenters. The molecule has 1 aliphatic rings. The SMILES string of the molecule is CC1(C)OCCC1NS(=O)(=O)CC#N. The quantitative estimate of drug-likeness (QED) is 0.723. The van der Waals surface area contributed by atoms with Gasteiger partial charge in [-0.2, -0.15) is 5.26 Å². The van der Waals surface area contributed by atoms with Gasteiger partial charge in [0.25, 0.3) is 0 Å². The monoisotopic (exact) mass is 218 g/mol. The van der Waals surface area contributed by atoms with E-state index in [0.717, 1.165) is 0 Å². The van der Waals surface area contributed by atoms with Crippen molar-refractivity contribution in [3.8, 4) is 6.07 Å². The Balaban J connectivity index is 2.66. The fourth-order valence-electron chi connectivity index (χ4n) is 1.43. The third-order valence-electron chi connectivity index (χ3n) is 2.30. The molecule has 0 amide bonds. The van der Waals surface area contributed by atoms with Gasteiger partial charge in [-0.25, -0.2) is 13.1 Å². The normalized spacial score (nSPS) is 25.9. The fourth-order valence-corrected chi connectivity index (χ4v) is 2.52. The highest BCUT2D eigenvalue weighted by Crippen LogP contribution is 2.25. The summed E-state index contributed by atoms with van der Waals surface area (Å²) < 4.78 is 30.4. The van der Waals surface area contributed by atoms with Gasteiger partial charge in [0.1, 0.15) is 0 Å². The van der Waals surface area contributed by atoms with Gasteiger partial charge in [0.2, 0.25) is 10.0 Å². The van der Waals surface area contributed by atoms with E-state index in [-0.39, 0.29) is 6.04 Å². The van der Waals surface area contributed by atoms with Crippen LogP contribution >= 0.6 is 0 Å². The molecule has 5 nitrogen and oxygen atoms in total. The summed E-state index contributed by atoms with van der Waals surface area (Å²) in [5, 5.41) is 8.31. The zero-order valence-corrected chi connectivity index (χ0v) is 9.10. The maximum Gasteiger partial charge on any atom is 0.225 e. The van der Waals surface area contributed by atoms with Gasteiger partial charge in [0, 0.05) is 6.61 Å². The van der Waals surface area contributed by atoms with Crippen LogP contribution < -0.4 is 4.72 Å². The number of rotatable bonds is 3. The van der Waals surface area contributed by atoms with Crippen molar-refractivity contribution in [2.24, 2.45) is 0 Å². The highest BCUT2D eigenvalue weighted by atomic mass is 32.2. The number of ether oxygens (including phenoxy) is 1. The molecule has 1 unspecified atom stereocenters. The van der Waals surface area contributed by atoms with E-state index < -0.39 is 21.4 Å². The molecule has 1 fully saturated rings. The van der Waals surface area contributed by atoms with Crippen LogP contribution in [0.25, 0.3) is 0 Å². The molecular weight excluding hydrogens is 204 g/mol. The molecule has 0 aromatic heterocycles. The molecule has 0 aliphatic carbocycles. The molecule has 0 bridgehead atoms. The van der Waals surface area contributed by atoms with Crippen LogP contribution in [-0.2, 0) is 14.8 Å². The van der Waals surface area contributed by atoms with Crippen LogP contribution in [-0.4, -0.2) is 32.4 Å². The van der Waals surface area contributed by atoms with Gasteiger partial charge in [-0.05, 0) is 20.3 Å². The summed E-state index contributed by atoms with van der Waals surface area (Å²) in [6.07, 6.45) is 0.650. The Bertz CT molecular complexity index is 342. The maximum absolute atomic E-state index is 11.3. The zero-order chi connectivity index (χ0) is 10.8. The Morgan fingerprint density at radius 2 is 2.29 bits per heavy atom. The summed E-state index contributed by atoms with van der Waals surface area (Å²) >= 11 is 0. The molecule has 0 radical (unpaired) electrons. The number of nitrogens with zero attached hydrogens (tertiary/aromatic N) is 1. The van der Waals surface area contributed by atoms with E-state index in [0.29, 0.717) is 13.0 Å². The molecule has 1 rings (SSSR count). The van der Waals surface area contributed by atoms with Crippen molar-refractivity contribution in [3.63, 3.8) is 0 Å². The van der Waals surface area contributed by atoms with Crippen molar-refractivity contribution in [1.29, 1.82) is 5.26 Å². The highest BCUT2D eigenvalue weighted by molar-refractivity contribution is 7.89. The standard InChI is InChI=1S/C8H14N2O3S/c1-8(2)7(3-5-13-8)10-14(11,12)6-4-9/h7,10H,3,5-6H2,1-2H3. The summed E-state index contributed by atoms with van der Waals surface area (Å²) in [5.74, 6) is -0.500. The first kappa shape index (κ1) is 11.4. The zero-order valence-electron chi connectivity index (χ0n) is 8.28. The van der Waals surface area contributed by atoms with E-state index in [1.807, 2.05) is 13.8 Å². The minimum absolute atomic E-state index is 0.235. The van der Waals surface area contributed by atoms with E-state index in [9.17, 15) is 8.42 Å². The maximum atomic E-state index is 11.3. The van der Waals surface area contributed by atoms with Crippen molar-refractivity contribution in [1.82, 2.24) is 4.72 Å². The minimum atomic E-state index is -3.48.